The van der Waals surface area contributed by atoms with Gasteiger partial charge in [-0.2, -0.15) is 0 Å². The molecule has 1 aliphatic carbocycles. The van der Waals surface area contributed by atoms with E-state index in [1.807, 2.05) is 0 Å². The van der Waals surface area contributed by atoms with Crippen molar-refractivity contribution in [2.75, 3.05) is 6.61 Å². The monoisotopic (exact) mass is 738 g/mol. The van der Waals surface area contributed by atoms with Crippen LogP contribution in [0, 0.1) is 5.92 Å². The van der Waals surface area contributed by atoms with Gasteiger partial charge in [0, 0.05) is 23.8 Å². The summed E-state index contributed by atoms with van der Waals surface area (Å²) in [6.45, 7) is 1.11. The molecule has 3 aromatic carbocycles. The molecule has 53 heavy (non-hydrogen) atoms. The number of benzene rings is 3. The lowest BCUT2D eigenvalue weighted by Gasteiger charge is -2.43. The van der Waals surface area contributed by atoms with Crippen molar-refractivity contribution >= 4 is 23.0 Å². The highest BCUT2D eigenvalue weighted by Crippen LogP contribution is 2.38. The summed E-state index contributed by atoms with van der Waals surface area (Å²) in [5.41, 5.74) is -0.502. The second-order valence-electron chi connectivity index (χ2n) is 13.0. The van der Waals surface area contributed by atoms with Gasteiger partial charge in [0.05, 0.1) is 18.8 Å². The van der Waals surface area contributed by atoms with Crippen LogP contribution in [0.3, 0.4) is 0 Å². The topological polar surface area (TPSA) is 266 Å². The predicted octanol–water partition coefficient (Wildman–Crippen LogP) is 1.24. The van der Waals surface area contributed by atoms with E-state index in [0.29, 0.717) is 5.56 Å². The molecule has 1 saturated carbocycles. The number of esters is 1. The summed E-state index contributed by atoms with van der Waals surface area (Å²) in [5, 5.41) is 93.3. The van der Waals surface area contributed by atoms with Gasteiger partial charge in [0.15, 0.2) is 11.9 Å². The maximum absolute atomic E-state index is 13.9. The minimum Gasteiger partial charge on any atom is -0.508 e. The molecule has 0 bridgehead atoms. The fourth-order valence-corrected chi connectivity index (χ4v) is 6.29. The first-order valence-corrected chi connectivity index (χ1v) is 16.6. The number of rotatable bonds is 9. The van der Waals surface area contributed by atoms with Crippen LogP contribution in [-0.4, -0.2) is 114 Å². The largest absolute Gasteiger partial charge is 0.508 e. The van der Waals surface area contributed by atoms with Crippen LogP contribution in [0.15, 0.2) is 76.0 Å². The van der Waals surface area contributed by atoms with E-state index in [1.165, 1.54) is 54.6 Å². The lowest BCUT2D eigenvalue weighted by Crippen LogP contribution is -2.62. The molecule has 1 aliphatic heterocycles. The zero-order valence-corrected chi connectivity index (χ0v) is 28.0. The molecule has 2 aliphatic rings. The molecule has 10 atom stereocenters. The molecule has 0 amide bonds. The van der Waals surface area contributed by atoms with Crippen molar-refractivity contribution in [3.63, 3.8) is 0 Å². The van der Waals surface area contributed by atoms with Crippen LogP contribution < -0.4 is 10.2 Å². The number of hydrogen-bond acceptors (Lipinski definition) is 16. The number of phenols is 4. The average molecular weight is 739 g/mol. The normalized spacial score (nSPS) is 28.9. The SMILES string of the molecule is C[C@@H]1C[C@@H](OC[C@@H]2O[C@H](Oc3c(-c4ccc(O)cc4)oc4cc(O)cc(O)c4c3=O)[C@H](O)[C@@H](O)[C@@H]2OC(=O)/C=C/c2ccc(O)cc2)[C@@H](O)[C@H](O)[C@H]1O. The molecular formula is C37H38O16. The van der Waals surface area contributed by atoms with Crippen molar-refractivity contribution in [3.8, 4) is 40.1 Å². The molecule has 1 saturated heterocycles. The first-order valence-electron chi connectivity index (χ1n) is 16.6. The van der Waals surface area contributed by atoms with Crippen molar-refractivity contribution in [1.29, 1.82) is 0 Å². The minimum absolute atomic E-state index is 0.00746. The van der Waals surface area contributed by atoms with Gasteiger partial charge in [-0.1, -0.05) is 19.1 Å². The fraction of sp³-hybridized carbons (Fsp3) is 0.351. The molecule has 9 N–H and O–H groups in total. The molecule has 0 unspecified atom stereocenters. The van der Waals surface area contributed by atoms with Crippen LogP contribution >= 0.6 is 0 Å². The summed E-state index contributed by atoms with van der Waals surface area (Å²) < 4.78 is 29.2. The third-order valence-electron chi connectivity index (χ3n) is 9.22. The molecule has 0 spiro atoms. The van der Waals surface area contributed by atoms with Gasteiger partial charge in [0.25, 0.3) is 0 Å². The van der Waals surface area contributed by atoms with Gasteiger partial charge < -0.3 is 69.3 Å². The van der Waals surface area contributed by atoms with E-state index in [0.717, 1.165) is 18.2 Å². The highest BCUT2D eigenvalue weighted by atomic mass is 16.7. The Hall–Kier alpha value is -5.20. The maximum atomic E-state index is 13.9. The molecular weight excluding hydrogens is 700 g/mol. The fourth-order valence-electron chi connectivity index (χ4n) is 6.29. The predicted molar refractivity (Wildman–Crippen MR) is 183 cm³/mol. The molecule has 4 aromatic rings. The van der Waals surface area contributed by atoms with Crippen LogP contribution in [0.4, 0.5) is 0 Å². The van der Waals surface area contributed by atoms with Crippen molar-refractivity contribution < 1.29 is 74.1 Å². The number of aliphatic hydroxyl groups is 5. The van der Waals surface area contributed by atoms with E-state index in [9.17, 15) is 55.5 Å². The third-order valence-corrected chi connectivity index (χ3v) is 9.22. The molecule has 16 heteroatoms. The van der Waals surface area contributed by atoms with E-state index in [-0.39, 0.29) is 34.8 Å². The molecule has 2 fully saturated rings. The van der Waals surface area contributed by atoms with E-state index in [4.69, 9.17) is 23.4 Å². The molecule has 16 nitrogen and oxygen atoms in total. The first kappa shape index (κ1) is 37.6. The zero-order valence-electron chi connectivity index (χ0n) is 28.0. The van der Waals surface area contributed by atoms with Crippen LogP contribution in [0.1, 0.15) is 18.9 Å². The Labute approximate surface area is 300 Å². The van der Waals surface area contributed by atoms with Crippen molar-refractivity contribution in [2.24, 2.45) is 5.92 Å². The average Bonchev–Trinajstić information content (AvgIpc) is 3.12. The summed E-state index contributed by atoms with van der Waals surface area (Å²) in [6.07, 6.45) is -11.7. The number of fused-ring (bicyclic) bond motifs is 1. The number of aliphatic hydroxyl groups excluding tert-OH is 5. The van der Waals surface area contributed by atoms with Crippen molar-refractivity contribution in [1.82, 2.24) is 0 Å². The Morgan fingerprint density at radius 2 is 1.49 bits per heavy atom. The zero-order chi connectivity index (χ0) is 38.1. The summed E-state index contributed by atoms with van der Waals surface area (Å²) in [4.78, 5) is 26.8. The lowest BCUT2D eigenvalue weighted by molar-refractivity contribution is -0.288. The minimum atomic E-state index is -2.00. The van der Waals surface area contributed by atoms with Gasteiger partial charge in [0.2, 0.25) is 17.5 Å². The van der Waals surface area contributed by atoms with Gasteiger partial charge in [-0.05, 0) is 60.4 Å². The number of ether oxygens (including phenoxy) is 4. The smallest absolute Gasteiger partial charge is 0.331 e. The van der Waals surface area contributed by atoms with Crippen LogP contribution in [0.25, 0.3) is 28.4 Å². The second kappa shape index (κ2) is 15.4. The van der Waals surface area contributed by atoms with E-state index < -0.39 is 102 Å². The molecule has 6 rings (SSSR count). The summed E-state index contributed by atoms with van der Waals surface area (Å²) in [7, 11) is 0. The molecule has 2 heterocycles. The van der Waals surface area contributed by atoms with Crippen molar-refractivity contribution in [3.05, 3.63) is 82.5 Å². The first-order chi connectivity index (χ1) is 25.2. The second-order valence-corrected chi connectivity index (χ2v) is 13.0. The maximum Gasteiger partial charge on any atom is 0.331 e. The third kappa shape index (κ3) is 7.93. The van der Waals surface area contributed by atoms with E-state index in [2.05, 4.69) is 0 Å². The highest BCUT2D eigenvalue weighted by molar-refractivity contribution is 5.88. The van der Waals surface area contributed by atoms with Gasteiger partial charge in [-0.15, -0.1) is 0 Å². The number of hydrogen-bond donors (Lipinski definition) is 9. The Balaban J connectivity index is 1.33. The van der Waals surface area contributed by atoms with Crippen molar-refractivity contribution in [2.45, 2.75) is 68.5 Å². The van der Waals surface area contributed by atoms with Gasteiger partial charge in [-0.25, -0.2) is 4.79 Å². The van der Waals surface area contributed by atoms with E-state index in [1.54, 1.807) is 6.92 Å². The summed E-state index contributed by atoms with van der Waals surface area (Å²) in [6, 6.07) is 13.2. The van der Waals surface area contributed by atoms with Crippen LogP contribution in [0.2, 0.25) is 0 Å². The Morgan fingerprint density at radius 1 is 0.830 bits per heavy atom. The Kier molecular flexibility index (Phi) is 10.9. The Morgan fingerprint density at radius 3 is 2.17 bits per heavy atom. The summed E-state index contributed by atoms with van der Waals surface area (Å²) >= 11 is 0. The number of carbonyl (C=O) groups excluding carboxylic acids is 1. The standard InChI is InChI=1S/C37H38O16/c1-16-12-24(29(44)31(46)28(16)43)49-15-25-35(52-26(42)11-4-17-2-7-19(38)8-3-17)32(47)33(48)37(51-25)53-36-30(45)27-22(41)13-21(40)14-23(27)50-34(36)18-5-9-20(39)10-6-18/h2-11,13-14,16,24-25,28-29,31-33,35,37-41,43-44,46-48H,12,15H2,1H3/b11-4+/t16-,24-,25+,28+,29-,31-,32-,33-,35-,37-/m1/s1. The number of carbonyl (C=O) groups is 1. The molecule has 282 valence electrons. The van der Waals surface area contributed by atoms with Crippen LogP contribution in [-0.2, 0) is 19.0 Å². The molecule has 1 aromatic heterocycles. The van der Waals surface area contributed by atoms with Gasteiger partial charge in [-0.3, -0.25) is 4.79 Å². The van der Waals surface area contributed by atoms with Crippen LogP contribution in [0.5, 0.6) is 28.7 Å². The van der Waals surface area contributed by atoms with Gasteiger partial charge in [0.1, 0.15) is 64.5 Å². The summed E-state index contributed by atoms with van der Waals surface area (Å²) in [5.74, 6) is -3.54. The lowest BCUT2D eigenvalue weighted by atomic mass is 9.82. The van der Waals surface area contributed by atoms with E-state index >= 15 is 0 Å². The number of aromatic hydroxyl groups is 4. The quantitative estimate of drug-likeness (QED) is 0.0864. The Bertz CT molecular complexity index is 2010. The van der Waals surface area contributed by atoms with Gasteiger partial charge >= 0.3 is 5.97 Å². The number of phenolic OH excluding ortho intramolecular Hbond substituents is 4. The molecule has 0 radical (unpaired) electrons. The highest BCUT2D eigenvalue weighted by Gasteiger charge is 2.49.